The predicted molar refractivity (Wildman–Crippen MR) is 80.1 cm³/mol. The number of nitrogens with one attached hydrogen (secondary N) is 1. The SMILES string of the molecule is CCN[C@]1(c2ccccc2OC)CCCCC12CCO2. The molecule has 0 amide bonds. The summed E-state index contributed by atoms with van der Waals surface area (Å²) in [4.78, 5) is 0. The van der Waals surface area contributed by atoms with Gasteiger partial charge in [-0.05, 0) is 25.5 Å². The maximum absolute atomic E-state index is 6.16. The number of likely N-dealkylation sites (N-methyl/N-ethyl adjacent to an activating group) is 1. The molecule has 0 aromatic heterocycles. The largest absolute Gasteiger partial charge is 0.496 e. The van der Waals surface area contributed by atoms with E-state index < -0.39 is 0 Å². The fourth-order valence-electron chi connectivity index (χ4n) is 4.15. The average Bonchev–Trinajstić information content (AvgIpc) is 2.46. The molecule has 2 atom stereocenters. The standard InChI is InChI=1S/C17H25NO2/c1-3-18-17(14-8-4-5-9-15(14)19-2)11-7-6-10-16(17)12-13-20-16/h4-5,8-9,18H,3,6-7,10-13H2,1-2H3/t16?,17-/m0/s1. The van der Waals surface area contributed by atoms with E-state index in [1.807, 2.05) is 6.07 Å². The first-order valence-corrected chi connectivity index (χ1v) is 7.80. The Bertz CT molecular complexity index is 466. The summed E-state index contributed by atoms with van der Waals surface area (Å²) in [5.74, 6) is 0.977. The van der Waals surface area contributed by atoms with Crippen molar-refractivity contribution in [2.75, 3.05) is 20.3 Å². The molecule has 3 heteroatoms. The molecule has 1 heterocycles. The molecule has 0 bridgehead atoms. The second kappa shape index (κ2) is 5.38. The molecule has 1 aromatic rings. The summed E-state index contributed by atoms with van der Waals surface area (Å²) in [6.45, 7) is 4.02. The highest BCUT2D eigenvalue weighted by Crippen LogP contribution is 2.54. The van der Waals surface area contributed by atoms with E-state index in [1.165, 1.54) is 18.4 Å². The highest BCUT2D eigenvalue weighted by molar-refractivity contribution is 5.43. The van der Waals surface area contributed by atoms with Crippen LogP contribution in [0.3, 0.4) is 0 Å². The zero-order chi connectivity index (χ0) is 14.1. The zero-order valence-electron chi connectivity index (χ0n) is 12.6. The topological polar surface area (TPSA) is 30.5 Å². The van der Waals surface area contributed by atoms with E-state index in [0.29, 0.717) is 0 Å². The van der Waals surface area contributed by atoms with Gasteiger partial charge in [0.1, 0.15) is 5.75 Å². The summed E-state index contributed by atoms with van der Waals surface area (Å²) in [6.07, 6.45) is 5.94. The van der Waals surface area contributed by atoms with Crippen molar-refractivity contribution in [1.82, 2.24) is 5.32 Å². The van der Waals surface area contributed by atoms with Gasteiger partial charge in [-0.3, -0.25) is 0 Å². The van der Waals surface area contributed by atoms with Gasteiger partial charge < -0.3 is 14.8 Å². The van der Waals surface area contributed by atoms with Crippen LogP contribution in [0.4, 0.5) is 0 Å². The van der Waals surface area contributed by atoms with Crippen LogP contribution < -0.4 is 10.1 Å². The van der Waals surface area contributed by atoms with E-state index in [1.54, 1.807) is 7.11 Å². The van der Waals surface area contributed by atoms with Crippen molar-refractivity contribution in [2.45, 2.75) is 50.2 Å². The maximum atomic E-state index is 6.16. The van der Waals surface area contributed by atoms with Crippen LogP contribution in [0, 0.1) is 0 Å². The Morgan fingerprint density at radius 3 is 2.60 bits per heavy atom. The molecule has 1 spiro atoms. The van der Waals surface area contributed by atoms with Gasteiger partial charge in [0.25, 0.3) is 0 Å². The first-order chi connectivity index (χ1) is 9.78. The lowest BCUT2D eigenvalue weighted by Gasteiger charge is -2.59. The lowest BCUT2D eigenvalue weighted by atomic mass is 9.62. The lowest BCUT2D eigenvalue weighted by Crippen LogP contribution is -2.67. The second-order valence-electron chi connectivity index (χ2n) is 5.94. The highest BCUT2D eigenvalue weighted by Gasteiger charge is 2.58. The van der Waals surface area contributed by atoms with Crippen LogP contribution in [0.5, 0.6) is 5.75 Å². The summed E-state index contributed by atoms with van der Waals surface area (Å²) in [6, 6.07) is 8.42. The Kier molecular flexibility index (Phi) is 3.74. The monoisotopic (exact) mass is 275 g/mol. The second-order valence-corrected chi connectivity index (χ2v) is 5.94. The third kappa shape index (κ3) is 1.87. The van der Waals surface area contributed by atoms with Crippen molar-refractivity contribution in [3.8, 4) is 5.75 Å². The average molecular weight is 275 g/mol. The summed E-state index contributed by atoms with van der Waals surface area (Å²) in [5, 5.41) is 3.78. The molecule has 1 unspecified atom stereocenters. The van der Waals surface area contributed by atoms with Gasteiger partial charge in [0, 0.05) is 12.0 Å². The number of para-hydroxylation sites is 1. The van der Waals surface area contributed by atoms with Crippen molar-refractivity contribution in [3.63, 3.8) is 0 Å². The van der Waals surface area contributed by atoms with Gasteiger partial charge in [0.05, 0.1) is 24.9 Å². The van der Waals surface area contributed by atoms with Gasteiger partial charge in [0.15, 0.2) is 0 Å². The summed E-state index contributed by atoms with van der Waals surface area (Å²) in [5.41, 5.74) is 1.14. The van der Waals surface area contributed by atoms with Crippen LogP contribution in [0.15, 0.2) is 24.3 Å². The van der Waals surface area contributed by atoms with Crippen LogP contribution in [-0.2, 0) is 10.3 Å². The molecule has 2 fully saturated rings. The minimum Gasteiger partial charge on any atom is -0.496 e. The van der Waals surface area contributed by atoms with Crippen molar-refractivity contribution < 1.29 is 9.47 Å². The third-order valence-electron chi connectivity index (χ3n) is 5.09. The number of hydrogen-bond acceptors (Lipinski definition) is 3. The van der Waals surface area contributed by atoms with Crippen molar-refractivity contribution >= 4 is 0 Å². The molecule has 1 aliphatic heterocycles. The van der Waals surface area contributed by atoms with Crippen LogP contribution >= 0.6 is 0 Å². The number of ether oxygens (including phenoxy) is 2. The Labute approximate surface area is 121 Å². The smallest absolute Gasteiger partial charge is 0.124 e. The van der Waals surface area contributed by atoms with Gasteiger partial charge >= 0.3 is 0 Å². The Hall–Kier alpha value is -1.06. The van der Waals surface area contributed by atoms with Crippen LogP contribution in [0.2, 0.25) is 0 Å². The summed E-state index contributed by atoms with van der Waals surface area (Å²) >= 11 is 0. The van der Waals surface area contributed by atoms with Gasteiger partial charge in [-0.1, -0.05) is 38.0 Å². The molecule has 20 heavy (non-hydrogen) atoms. The lowest BCUT2D eigenvalue weighted by molar-refractivity contribution is -0.218. The molecule has 0 radical (unpaired) electrons. The van der Waals surface area contributed by atoms with E-state index in [2.05, 4.69) is 30.4 Å². The molecule has 1 saturated heterocycles. The zero-order valence-corrected chi connectivity index (χ0v) is 12.6. The Morgan fingerprint density at radius 2 is 1.95 bits per heavy atom. The molecule has 1 N–H and O–H groups in total. The van der Waals surface area contributed by atoms with E-state index in [-0.39, 0.29) is 11.1 Å². The minimum atomic E-state index is -0.0924. The number of benzene rings is 1. The number of rotatable bonds is 4. The molecule has 1 aliphatic carbocycles. The van der Waals surface area contributed by atoms with Crippen LogP contribution in [0.1, 0.15) is 44.6 Å². The van der Waals surface area contributed by atoms with E-state index in [9.17, 15) is 0 Å². The van der Waals surface area contributed by atoms with Crippen LogP contribution in [0.25, 0.3) is 0 Å². The Morgan fingerprint density at radius 1 is 1.20 bits per heavy atom. The van der Waals surface area contributed by atoms with Gasteiger partial charge in [-0.15, -0.1) is 0 Å². The van der Waals surface area contributed by atoms with E-state index >= 15 is 0 Å². The first-order valence-electron chi connectivity index (χ1n) is 7.80. The minimum absolute atomic E-state index is 0.0319. The van der Waals surface area contributed by atoms with Crippen molar-refractivity contribution in [1.29, 1.82) is 0 Å². The van der Waals surface area contributed by atoms with Crippen molar-refractivity contribution in [2.24, 2.45) is 0 Å². The van der Waals surface area contributed by atoms with Crippen LogP contribution in [-0.4, -0.2) is 25.9 Å². The molecule has 3 nitrogen and oxygen atoms in total. The third-order valence-corrected chi connectivity index (χ3v) is 5.09. The number of hydrogen-bond donors (Lipinski definition) is 1. The Balaban J connectivity index is 2.10. The van der Waals surface area contributed by atoms with Crippen molar-refractivity contribution in [3.05, 3.63) is 29.8 Å². The molecule has 1 saturated carbocycles. The van der Waals surface area contributed by atoms with Gasteiger partial charge in [-0.25, -0.2) is 0 Å². The highest BCUT2D eigenvalue weighted by atomic mass is 16.5. The fourth-order valence-corrected chi connectivity index (χ4v) is 4.15. The van der Waals surface area contributed by atoms with E-state index in [4.69, 9.17) is 9.47 Å². The first kappa shape index (κ1) is 13.9. The maximum Gasteiger partial charge on any atom is 0.124 e. The van der Waals surface area contributed by atoms with E-state index in [0.717, 1.165) is 38.2 Å². The quantitative estimate of drug-likeness (QED) is 0.915. The summed E-state index contributed by atoms with van der Waals surface area (Å²) in [7, 11) is 1.76. The molecular formula is C17H25NO2. The normalized spacial score (nSPS) is 32.9. The molecular weight excluding hydrogens is 250 g/mol. The fraction of sp³-hybridized carbons (Fsp3) is 0.647. The molecule has 3 rings (SSSR count). The molecule has 2 aliphatic rings. The number of methoxy groups -OCH3 is 1. The van der Waals surface area contributed by atoms with Gasteiger partial charge in [0.2, 0.25) is 0 Å². The van der Waals surface area contributed by atoms with Gasteiger partial charge in [-0.2, -0.15) is 0 Å². The molecule has 1 aromatic carbocycles. The molecule has 110 valence electrons. The summed E-state index contributed by atoms with van der Waals surface area (Å²) < 4.78 is 11.8. The predicted octanol–water partition coefficient (Wildman–Crippen LogP) is 3.23.